The number of halogens is 1. The van der Waals surface area contributed by atoms with Gasteiger partial charge in [-0.1, -0.05) is 0 Å². The minimum atomic E-state index is -0.381. The molecule has 0 unspecified atom stereocenters. The first kappa shape index (κ1) is 11.9. The van der Waals surface area contributed by atoms with Crippen LogP contribution in [-0.4, -0.2) is 11.0 Å². The molecule has 2 aromatic carbocycles. The Morgan fingerprint density at radius 2 is 1.83 bits per heavy atom. The van der Waals surface area contributed by atoms with Gasteiger partial charge in [-0.05, 0) is 42.5 Å². The van der Waals surface area contributed by atoms with Crippen molar-refractivity contribution in [1.29, 1.82) is 0 Å². The largest absolute Gasteiger partial charge is 0.506 e. The van der Waals surface area contributed by atoms with Crippen molar-refractivity contribution >= 4 is 17.3 Å². The number of hydrogen-bond acceptors (Lipinski definition) is 3. The summed E-state index contributed by atoms with van der Waals surface area (Å²) in [7, 11) is 0. The number of anilines is 2. The lowest BCUT2D eigenvalue weighted by molar-refractivity contribution is 0.102. The maximum atomic E-state index is 12.7. The van der Waals surface area contributed by atoms with Crippen molar-refractivity contribution in [2.75, 3.05) is 11.1 Å². The minimum absolute atomic E-state index is 0.0756. The highest BCUT2D eigenvalue weighted by molar-refractivity contribution is 6.04. The van der Waals surface area contributed by atoms with Gasteiger partial charge in [0.05, 0.1) is 5.69 Å². The summed E-state index contributed by atoms with van der Waals surface area (Å²) in [5.74, 6) is -0.830. The fourth-order valence-corrected chi connectivity index (χ4v) is 1.43. The third-order valence-electron chi connectivity index (χ3n) is 2.39. The van der Waals surface area contributed by atoms with Gasteiger partial charge in [0.25, 0.3) is 5.91 Å². The van der Waals surface area contributed by atoms with Crippen LogP contribution in [0, 0.1) is 5.82 Å². The molecule has 0 aliphatic heterocycles. The van der Waals surface area contributed by atoms with Crippen LogP contribution in [-0.2, 0) is 0 Å². The van der Waals surface area contributed by atoms with Gasteiger partial charge in [0.2, 0.25) is 0 Å². The number of phenols is 1. The highest BCUT2D eigenvalue weighted by Crippen LogP contribution is 2.21. The summed E-state index contributed by atoms with van der Waals surface area (Å²) in [6.45, 7) is 0. The van der Waals surface area contributed by atoms with E-state index in [-0.39, 0.29) is 23.2 Å². The molecular weight excluding hydrogens is 235 g/mol. The van der Waals surface area contributed by atoms with Gasteiger partial charge in [-0.2, -0.15) is 0 Å². The van der Waals surface area contributed by atoms with E-state index >= 15 is 0 Å². The third-order valence-corrected chi connectivity index (χ3v) is 2.39. The molecule has 2 rings (SSSR count). The second kappa shape index (κ2) is 4.75. The molecule has 0 aliphatic carbocycles. The molecule has 0 aromatic heterocycles. The van der Waals surface area contributed by atoms with E-state index in [1.54, 1.807) is 0 Å². The van der Waals surface area contributed by atoms with Crippen LogP contribution in [0.5, 0.6) is 5.75 Å². The van der Waals surface area contributed by atoms with E-state index in [0.717, 1.165) is 0 Å². The smallest absolute Gasteiger partial charge is 0.255 e. The van der Waals surface area contributed by atoms with E-state index in [1.165, 1.54) is 42.5 Å². The zero-order valence-corrected chi connectivity index (χ0v) is 9.35. The number of phenolic OH excluding ortho intramolecular Hbond substituents is 1. The first-order valence-corrected chi connectivity index (χ1v) is 5.21. The number of benzene rings is 2. The number of amides is 1. The van der Waals surface area contributed by atoms with Gasteiger partial charge in [0.15, 0.2) is 0 Å². The molecule has 18 heavy (non-hydrogen) atoms. The highest BCUT2D eigenvalue weighted by Gasteiger charge is 2.08. The van der Waals surface area contributed by atoms with Gasteiger partial charge in [-0.15, -0.1) is 0 Å². The minimum Gasteiger partial charge on any atom is -0.506 e. The average Bonchev–Trinajstić information content (AvgIpc) is 2.35. The quantitative estimate of drug-likeness (QED) is 0.562. The normalized spacial score (nSPS) is 10.1. The highest BCUT2D eigenvalue weighted by atomic mass is 19.1. The first-order valence-electron chi connectivity index (χ1n) is 5.21. The molecule has 0 spiro atoms. The average molecular weight is 246 g/mol. The molecule has 0 aliphatic rings. The number of nitrogens with two attached hydrogens (primary N) is 1. The lowest BCUT2D eigenvalue weighted by Crippen LogP contribution is -2.12. The summed E-state index contributed by atoms with van der Waals surface area (Å²) in [5, 5.41) is 11.8. The number of carbonyl (C=O) groups excluding carboxylic acids is 1. The Hall–Kier alpha value is -2.56. The maximum absolute atomic E-state index is 12.7. The summed E-state index contributed by atoms with van der Waals surface area (Å²) in [6, 6.07) is 9.57. The molecule has 0 saturated carbocycles. The second-order valence-electron chi connectivity index (χ2n) is 3.73. The van der Waals surface area contributed by atoms with Gasteiger partial charge in [0.1, 0.15) is 11.6 Å². The van der Waals surface area contributed by atoms with Crippen LogP contribution in [0.15, 0.2) is 42.5 Å². The van der Waals surface area contributed by atoms with Gasteiger partial charge in [-0.25, -0.2) is 4.39 Å². The molecule has 5 heteroatoms. The molecule has 0 radical (unpaired) electrons. The van der Waals surface area contributed by atoms with Crippen molar-refractivity contribution in [3.63, 3.8) is 0 Å². The summed E-state index contributed by atoms with van der Waals surface area (Å²) in [6.07, 6.45) is 0. The topological polar surface area (TPSA) is 75.4 Å². The van der Waals surface area contributed by atoms with Crippen molar-refractivity contribution in [2.24, 2.45) is 0 Å². The Kier molecular flexibility index (Phi) is 3.14. The van der Waals surface area contributed by atoms with Crippen LogP contribution in [0.2, 0.25) is 0 Å². The molecule has 92 valence electrons. The molecule has 0 saturated heterocycles. The van der Waals surface area contributed by atoms with Gasteiger partial charge in [-0.3, -0.25) is 4.79 Å². The van der Waals surface area contributed by atoms with E-state index in [2.05, 4.69) is 5.32 Å². The van der Waals surface area contributed by atoms with Crippen LogP contribution in [0.4, 0.5) is 15.8 Å². The van der Waals surface area contributed by atoms with Crippen molar-refractivity contribution in [3.05, 3.63) is 53.8 Å². The maximum Gasteiger partial charge on any atom is 0.255 e. The molecular formula is C13H11FN2O2. The van der Waals surface area contributed by atoms with Gasteiger partial charge in [0, 0.05) is 11.3 Å². The molecule has 0 bridgehead atoms. The van der Waals surface area contributed by atoms with Crippen molar-refractivity contribution in [3.8, 4) is 5.75 Å². The predicted octanol–water partition coefficient (Wildman–Crippen LogP) is 2.37. The Balaban J connectivity index is 2.16. The lowest BCUT2D eigenvalue weighted by Gasteiger charge is -2.06. The van der Waals surface area contributed by atoms with Gasteiger partial charge >= 0.3 is 0 Å². The van der Waals surface area contributed by atoms with Crippen molar-refractivity contribution in [2.45, 2.75) is 0 Å². The molecule has 0 heterocycles. The standard InChI is InChI=1S/C13H11FN2O2/c14-9-2-4-10(5-3-9)16-13(18)8-1-6-12(17)11(15)7-8/h1-7,17H,15H2,(H,16,18). The molecule has 0 atom stereocenters. The Labute approximate surface area is 103 Å². The molecule has 1 amide bonds. The number of nitrogen functional groups attached to an aromatic ring is 1. The second-order valence-corrected chi connectivity index (χ2v) is 3.73. The first-order chi connectivity index (χ1) is 8.56. The van der Waals surface area contributed by atoms with Crippen LogP contribution in [0.1, 0.15) is 10.4 Å². The van der Waals surface area contributed by atoms with Crippen molar-refractivity contribution < 1.29 is 14.3 Å². The summed E-state index contributed by atoms with van der Waals surface area (Å²) < 4.78 is 12.7. The van der Waals surface area contributed by atoms with Crippen LogP contribution < -0.4 is 11.1 Å². The van der Waals surface area contributed by atoms with Crippen LogP contribution >= 0.6 is 0 Å². The number of carbonyl (C=O) groups is 1. The SMILES string of the molecule is Nc1cc(C(=O)Nc2ccc(F)cc2)ccc1O. The molecule has 4 nitrogen and oxygen atoms in total. The van der Waals surface area contributed by atoms with E-state index < -0.39 is 0 Å². The number of aromatic hydroxyl groups is 1. The summed E-state index contributed by atoms with van der Waals surface area (Å²) in [5.41, 5.74) is 6.41. The summed E-state index contributed by atoms with van der Waals surface area (Å²) in [4.78, 5) is 11.8. The lowest BCUT2D eigenvalue weighted by atomic mass is 10.1. The van der Waals surface area contributed by atoms with Crippen LogP contribution in [0.25, 0.3) is 0 Å². The number of nitrogens with one attached hydrogen (secondary N) is 1. The van der Waals surface area contributed by atoms with E-state index in [0.29, 0.717) is 11.3 Å². The number of hydrogen-bond donors (Lipinski definition) is 3. The zero-order valence-electron chi connectivity index (χ0n) is 9.35. The van der Waals surface area contributed by atoms with Crippen molar-refractivity contribution in [1.82, 2.24) is 0 Å². The van der Waals surface area contributed by atoms with E-state index in [1.807, 2.05) is 0 Å². The Morgan fingerprint density at radius 1 is 1.17 bits per heavy atom. The van der Waals surface area contributed by atoms with E-state index in [4.69, 9.17) is 5.73 Å². The molecule has 2 aromatic rings. The Bertz CT molecular complexity index is 582. The predicted molar refractivity (Wildman–Crippen MR) is 66.9 cm³/mol. The zero-order chi connectivity index (χ0) is 13.1. The number of rotatable bonds is 2. The van der Waals surface area contributed by atoms with Gasteiger partial charge < -0.3 is 16.2 Å². The van der Waals surface area contributed by atoms with E-state index in [9.17, 15) is 14.3 Å². The fraction of sp³-hybridized carbons (Fsp3) is 0. The summed E-state index contributed by atoms with van der Waals surface area (Å²) >= 11 is 0. The van der Waals surface area contributed by atoms with Crippen LogP contribution in [0.3, 0.4) is 0 Å². The fourth-order valence-electron chi connectivity index (χ4n) is 1.43. The monoisotopic (exact) mass is 246 g/mol. The molecule has 4 N–H and O–H groups in total. The Morgan fingerprint density at radius 3 is 2.44 bits per heavy atom. The third kappa shape index (κ3) is 2.57. The molecule has 0 fully saturated rings.